The number of benzene rings is 1. The number of carbonyl (C=O) groups excluding carboxylic acids is 2. The van der Waals surface area contributed by atoms with Gasteiger partial charge in [-0.1, -0.05) is 6.07 Å². The van der Waals surface area contributed by atoms with Crippen LogP contribution in [0.25, 0.3) is 0 Å². The summed E-state index contributed by atoms with van der Waals surface area (Å²) in [5.74, 6) is 0.161. The Labute approximate surface area is 195 Å². The van der Waals surface area contributed by atoms with Crippen LogP contribution in [-0.4, -0.2) is 39.5 Å². The number of nitrogens with zero attached hydrogens (tertiary/aromatic N) is 4. The Morgan fingerprint density at radius 2 is 1.94 bits per heavy atom. The van der Waals surface area contributed by atoms with Gasteiger partial charge in [-0.05, 0) is 54.8 Å². The van der Waals surface area contributed by atoms with E-state index in [0.717, 1.165) is 12.1 Å². The highest BCUT2D eigenvalue weighted by molar-refractivity contribution is 5.99. The third kappa shape index (κ3) is 4.13. The second-order valence-corrected chi connectivity index (χ2v) is 8.61. The number of hydrogen-bond donors (Lipinski definition) is 2. The quantitative estimate of drug-likeness (QED) is 0.630. The Bertz CT molecular complexity index is 1360. The van der Waals surface area contributed by atoms with Gasteiger partial charge in [-0.15, -0.1) is 0 Å². The maximum atomic E-state index is 13.2. The van der Waals surface area contributed by atoms with E-state index < -0.39 is 6.03 Å². The van der Waals surface area contributed by atoms with Crippen LogP contribution in [0.1, 0.15) is 34.0 Å². The number of carbonyl (C=O) groups is 2. The van der Waals surface area contributed by atoms with Gasteiger partial charge >= 0.3 is 6.03 Å². The van der Waals surface area contributed by atoms with Crippen LogP contribution in [0.2, 0.25) is 0 Å². The van der Waals surface area contributed by atoms with Crippen molar-refractivity contribution in [3.63, 3.8) is 0 Å². The van der Waals surface area contributed by atoms with Crippen LogP contribution in [-0.2, 0) is 6.54 Å². The minimum atomic E-state index is -0.558. The van der Waals surface area contributed by atoms with Gasteiger partial charge < -0.3 is 20.1 Å². The van der Waals surface area contributed by atoms with E-state index >= 15 is 0 Å². The van der Waals surface area contributed by atoms with Gasteiger partial charge in [0.1, 0.15) is 5.69 Å². The zero-order chi connectivity index (χ0) is 23.7. The van der Waals surface area contributed by atoms with E-state index in [1.54, 1.807) is 59.4 Å². The molecule has 2 atom stereocenters. The summed E-state index contributed by atoms with van der Waals surface area (Å²) >= 11 is 0. The number of anilines is 2. The molecule has 1 aromatic carbocycles. The highest BCUT2D eigenvalue weighted by Crippen LogP contribution is 2.36. The van der Waals surface area contributed by atoms with Crippen molar-refractivity contribution >= 4 is 23.3 Å². The van der Waals surface area contributed by atoms with Crippen LogP contribution < -0.4 is 16.2 Å². The summed E-state index contributed by atoms with van der Waals surface area (Å²) in [5.41, 5.74) is 2.24. The fraction of sp³-hybridized carbons (Fsp3) is 0.240. The van der Waals surface area contributed by atoms with Gasteiger partial charge in [0, 0.05) is 49.3 Å². The van der Waals surface area contributed by atoms with Crippen molar-refractivity contribution in [1.29, 1.82) is 5.26 Å². The molecule has 1 fully saturated rings. The molecule has 2 aliphatic rings. The lowest BCUT2D eigenvalue weighted by Crippen LogP contribution is -2.49. The first-order valence-corrected chi connectivity index (χ1v) is 11.0. The molecule has 5 rings (SSSR count). The Hall–Kier alpha value is -4.45. The predicted molar refractivity (Wildman–Crippen MR) is 125 cm³/mol. The molecule has 4 heterocycles. The minimum Gasteiger partial charge on any atom is -0.338 e. The van der Waals surface area contributed by atoms with Crippen LogP contribution in [0.3, 0.4) is 0 Å². The molecule has 1 saturated heterocycles. The number of pyridine rings is 2. The topological polar surface area (TPSA) is 120 Å². The van der Waals surface area contributed by atoms with Gasteiger partial charge in [0.15, 0.2) is 0 Å². The van der Waals surface area contributed by atoms with E-state index in [-0.39, 0.29) is 29.0 Å². The van der Waals surface area contributed by atoms with Crippen molar-refractivity contribution in [2.24, 2.45) is 5.92 Å². The summed E-state index contributed by atoms with van der Waals surface area (Å²) in [6, 6.07) is 15.0. The van der Waals surface area contributed by atoms with Gasteiger partial charge in [-0.3, -0.25) is 14.6 Å². The third-order valence-electron chi connectivity index (χ3n) is 6.30. The number of hydrogen-bond acceptors (Lipinski definition) is 5. The van der Waals surface area contributed by atoms with Crippen LogP contribution in [0, 0.1) is 17.2 Å². The number of fused-ring (bicyclic) bond motifs is 4. The molecule has 170 valence electrons. The average molecular weight is 454 g/mol. The van der Waals surface area contributed by atoms with Crippen LogP contribution in [0.15, 0.2) is 65.7 Å². The molecular weight excluding hydrogens is 432 g/mol. The molecule has 0 aliphatic carbocycles. The molecule has 3 amide bonds. The maximum absolute atomic E-state index is 13.2. The van der Waals surface area contributed by atoms with E-state index in [1.807, 2.05) is 17.0 Å². The summed E-state index contributed by atoms with van der Waals surface area (Å²) in [7, 11) is 0. The first-order chi connectivity index (χ1) is 16.5. The van der Waals surface area contributed by atoms with Crippen molar-refractivity contribution < 1.29 is 9.59 Å². The summed E-state index contributed by atoms with van der Waals surface area (Å²) in [6.45, 7) is 1.60. The number of amides is 3. The SMILES string of the molecule is N#Cc1cccc(NC(=O)Nc2ccc3n(c2=O)CC2CC3CN(C(=O)c3cccnc3)C2)c1. The number of nitriles is 1. The van der Waals surface area contributed by atoms with Gasteiger partial charge in [0.2, 0.25) is 0 Å². The monoisotopic (exact) mass is 454 g/mol. The number of rotatable bonds is 3. The van der Waals surface area contributed by atoms with Crippen LogP contribution in [0.4, 0.5) is 16.2 Å². The molecule has 9 heteroatoms. The lowest BCUT2D eigenvalue weighted by atomic mass is 9.83. The second kappa shape index (κ2) is 8.83. The molecular formula is C25H22N6O3. The molecule has 0 saturated carbocycles. The van der Waals surface area contributed by atoms with Crippen molar-refractivity contribution in [1.82, 2.24) is 14.5 Å². The van der Waals surface area contributed by atoms with Crippen molar-refractivity contribution in [2.75, 3.05) is 23.7 Å². The Morgan fingerprint density at radius 3 is 2.74 bits per heavy atom. The average Bonchev–Trinajstić information content (AvgIpc) is 2.86. The molecule has 2 N–H and O–H groups in total. The summed E-state index contributed by atoms with van der Waals surface area (Å²) in [4.78, 5) is 44.4. The minimum absolute atomic E-state index is 0.0472. The number of nitrogens with one attached hydrogen (secondary N) is 2. The van der Waals surface area contributed by atoms with Crippen molar-refractivity contribution in [3.05, 3.63) is 88.1 Å². The number of aromatic nitrogens is 2. The smallest absolute Gasteiger partial charge is 0.323 e. The van der Waals surface area contributed by atoms with Gasteiger partial charge in [-0.2, -0.15) is 5.26 Å². The predicted octanol–water partition coefficient (Wildman–Crippen LogP) is 3.02. The van der Waals surface area contributed by atoms with E-state index in [4.69, 9.17) is 5.26 Å². The summed E-state index contributed by atoms with van der Waals surface area (Å²) in [5, 5.41) is 14.3. The Kier molecular flexibility index (Phi) is 5.55. The van der Waals surface area contributed by atoms with Gasteiger partial charge in [0.05, 0.1) is 17.2 Å². The molecule has 34 heavy (non-hydrogen) atoms. The zero-order valence-corrected chi connectivity index (χ0v) is 18.3. The number of likely N-dealkylation sites (tertiary alicyclic amines) is 1. The summed E-state index contributed by atoms with van der Waals surface area (Å²) < 4.78 is 1.72. The number of urea groups is 1. The van der Waals surface area contributed by atoms with E-state index in [2.05, 4.69) is 15.6 Å². The second-order valence-electron chi connectivity index (χ2n) is 8.61. The van der Waals surface area contributed by atoms with E-state index in [9.17, 15) is 14.4 Å². The molecule has 2 unspecified atom stereocenters. The number of piperidine rings is 1. The molecule has 0 radical (unpaired) electrons. The standard InChI is InChI=1S/C25H22N6O3/c26-11-16-3-1-5-20(10-16)28-25(34)29-21-6-7-22-19-9-17(14-31(22)24(21)33)13-30(15-19)23(32)18-4-2-8-27-12-18/h1-8,10,12,17,19H,9,13-15H2,(H2,28,29,34). The fourth-order valence-corrected chi connectivity index (χ4v) is 4.83. The first kappa shape index (κ1) is 21.4. The van der Waals surface area contributed by atoms with Crippen molar-refractivity contribution in [2.45, 2.75) is 18.9 Å². The van der Waals surface area contributed by atoms with Crippen molar-refractivity contribution in [3.8, 4) is 6.07 Å². The molecule has 2 aliphatic heterocycles. The third-order valence-corrected chi connectivity index (χ3v) is 6.30. The lowest BCUT2D eigenvalue weighted by molar-refractivity contribution is 0.0594. The van der Waals surface area contributed by atoms with Crippen LogP contribution in [0.5, 0.6) is 0 Å². The first-order valence-electron chi connectivity index (χ1n) is 11.0. The lowest BCUT2D eigenvalue weighted by Gasteiger charge is -2.42. The molecule has 2 bridgehead atoms. The molecule has 0 spiro atoms. The molecule has 3 aromatic rings. The fourth-order valence-electron chi connectivity index (χ4n) is 4.83. The largest absolute Gasteiger partial charge is 0.338 e. The molecule has 9 nitrogen and oxygen atoms in total. The van der Waals surface area contributed by atoms with Crippen LogP contribution >= 0.6 is 0 Å². The Balaban J connectivity index is 1.32. The molecule has 2 aromatic heterocycles. The van der Waals surface area contributed by atoms with E-state index in [0.29, 0.717) is 36.4 Å². The van der Waals surface area contributed by atoms with Gasteiger partial charge in [0.25, 0.3) is 11.5 Å². The normalized spacial score (nSPS) is 18.4. The highest BCUT2D eigenvalue weighted by atomic mass is 16.2. The Morgan fingerprint density at radius 1 is 1.06 bits per heavy atom. The van der Waals surface area contributed by atoms with E-state index in [1.165, 1.54) is 0 Å². The zero-order valence-electron chi connectivity index (χ0n) is 18.3. The maximum Gasteiger partial charge on any atom is 0.323 e. The van der Waals surface area contributed by atoms with Gasteiger partial charge in [-0.25, -0.2) is 4.79 Å². The summed E-state index contributed by atoms with van der Waals surface area (Å²) in [6.07, 6.45) is 4.13. The highest BCUT2D eigenvalue weighted by Gasteiger charge is 2.37.